The van der Waals surface area contributed by atoms with E-state index in [-0.39, 0.29) is 0 Å². The Morgan fingerprint density at radius 1 is 0.941 bits per heavy atom. The largest absolute Gasteiger partial charge is 0.497 e. The third-order valence-electron chi connectivity index (χ3n) is 2.64. The first-order valence-electron chi connectivity index (χ1n) is 5.65. The third kappa shape index (κ3) is 3.27. The third-order valence-corrected chi connectivity index (χ3v) is 3.81. The lowest BCUT2D eigenvalue weighted by atomic mass is 10.2. The molecule has 0 radical (unpaired) electrons. The molecule has 0 aromatic heterocycles. The summed E-state index contributed by atoms with van der Waals surface area (Å²) in [5.41, 5.74) is 1.35. The molecule has 0 bridgehead atoms. The van der Waals surface area contributed by atoms with Gasteiger partial charge in [-0.2, -0.15) is 0 Å². The zero-order valence-corrected chi connectivity index (χ0v) is 10.9. The first kappa shape index (κ1) is 12.1. The topological polar surface area (TPSA) is 9.23 Å². The highest BCUT2D eigenvalue weighted by molar-refractivity contribution is 7.99. The Morgan fingerprint density at radius 3 is 2.18 bits per heavy atom. The summed E-state index contributed by atoms with van der Waals surface area (Å²) in [5, 5.41) is 0.463. The molecular weight excluding hydrogens is 228 g/mol. The fourth-order valence-corrected chi connectivity index (χ4v) is 2.65. The van der Waals surface area contributed by atoms with Crippen LogP contribution in [0.1, 0.15) is 17.7 Å². The summed E-state index contributed by atoms with van der Waals surface area (Å²) in [7, 11) is 1.69. The van der Waals surface area contributed by atoms with Gasteiger partial charge in [-0.1, -0.05) is 30.3 Å². The molecule has 2 rings (SSSR count). The molecule has 2 heteroatoms. The van der Waals surface area contributed by atoms with Crippen LogP contribution in [0.5, 0.6) is 5.75 Å². The van der Waals surface area contributed by atoms with Gasteiger partial charge < -0.3 is 4.74 Å². The Labute approximate surface area is 107 Å². The summed E-state index contributed by atoms with van der Waals surface area (Å²) in [6.07, 6.45) is 0. The molecule has 1 unspecified atom stereocenters. The van der Waals surface area contributed by atoms with Gasteiger partial charge in [0.2, 0.25) is 0 Å². The highest BCUT2D eigenvalue weighted by Gasteiger charge is 2.06. The second kappa shape index (κ2) is 5.78. The molecule has 1 atom stereocenters. The number of methoxy groups -OCH3 is 1. The Morgan fingerprint density at radius 2 is 1.59 bits per heavy atom. The number of ether oxygens (including phenoxy) is 1. The molecule has 0 aliphatic carbocycles. The van der Waals surface area contributed by atoms with Crippen molar-refractivity contribution >= 4 is 11.8 Å². The van der Waals surface area contributed by atoms with E-state index in [4.69, 9.17) is 4.74 Å². The van der Waals surface area contributed by atoms with Crippen molar-refractivity contribution in [2.45, 2.75) is 17.1 Å². The van der Waals surface area contributed by atoms with Gasteiger partial charge >= 0.3 is 0 Å². The average molecular weight is 244 g/mol. The van der Waals surface area contributed by atoms with Gasteiger partial charge in [0.05, 0.1) is 7.11 Å². The van der Waals surface area contributed by atoms with Gasteiger partial charge in [-0.15, -0.1) is 11.8 Å². The van der Waals surface area contributed by atoms with Crippen molar-refractivity contribution in [3.05, 3.63) is 60.2 Å². The molecule has 88 valence electrons. The van der Waals surface area contributed by atoms with Crippen molar-refractivity contribution < 1.29 is 4.74 Å². The molecule has 0 aliphatic heterocycles. The van der Waals surface area contributed by atoms with E-state index >= 15 is 0 Å². The molecule has 1 nitrogen and oxygen atoms in total. The van der Waals surface area contributed by atoms with Crippen molar-refractivity contribution in [3.8, 4) is 5.75 Å². The van der Waals surface area contributed by atoms with Crippen LogP contribution in [0.3, 0.4) is 0 Å². The molecule has 0 heterocycles. The smallest absolute Gasteiger partial charge is 0.118 e. The number of hydrogen-bond acceptors (Lipinski definition) is 2. The summed E-state index contributed by atoms with van der Waals surface area (Å²) < 4.78 is 5.15. The van der Waals surface area contributed by atoms with Crippen LogP contribution in [0.25, 0.3) is 0 Å². The maximum atomic E-state index is 5.15. The minimum absolute atomic E-state index is 0.463. The minimum atomic E-state index is 0.463. The van der Waals surface area contributed by atoms with Crippen molar-refractivity contribution in [2.24, 2.45) is 0 Å². The fraction of sp³-hybridized carbons (Fsp3) is 0.200. The van der Waals surface area contributed by atoms with Crippen molar-refractivity contribution in [1.29, 1.82) is 0 Å². The molecule has 17 heavy (non-hydrogen) atoms. The van der Waals surface area contributed by atoms with Crippen LogP contribution in [-0.2, 0) is 0 Å². The van der Waals surface area contributed by atoms with Gasteiger partial charge in [-0.05, 0) is 36.8 Å². The number of hydrogen-bond donors (Lipinski definition) is 0. The van der Waals surface area contributed by atoms with E-state index < -0.39 is 0 Å². The highest BCUT2D eigenvalue weighted by Crippen LogP contribution is 2.35. The van der Waals surface area contributed by atoms with Gasteiger partial charge in [0, 0.05) is 10.1 Å². The van der Waals surface area contributed by atoms with E-state index in [0.717, 1.165) is 5.75 Å². The van der Waals surface area contributed by atoms with E-state index in [9.17, 15) is 0 Å². The van der Waals surface area contributed by atoms with Crippen molar-refractivity contribution in [2.75, 3.05) is 7.11 Å². The Balaban J connectivity index is 2.05. The van der Waals surface area contributed by atoms with Gasteiger partial charge in [0.1, 0.15) is 5.75 Å². The molecule has 0 aliphatic rings. The van der Waals surface area contributed by atoms with Gasteiger partial charge in [-0.3, -0.25) is 0 Å². The lowest BCUT2D eigenvalue weighted by Crippen LogP contribution is -1.87. The first-order chi connectivity index (χ1) is 8.29. The highest BCUT2D eigenvalue weighted by atomic mass is 32.2. The van der Waals surface area contributed by atoms with Crippen LogP contribution in [0.4, 0.5) is 0 Å². The number of rotatable bonds is 4. The predicted molar refractivity (Wildman–Crippen MR) is 73.7 cm³/mol. The molecule has 0 amide bonds. The standard InChI is InChI=1S/C15H16OS/c1-12(13-6-4-3-5-7-13)17-15-10-8-14(16-2)9-11-15/h3-12H,1-2H3. The summed E-state index contributed by atoms with van der Waals surface area (Å²) in [5.74, 6) is 0.904. The number of thioether (sulfide) groups is 1. The SMILES string of the molecule is COc1ccc(SC(C)c2ccccc2)cc1. The quantitative estimate of drug-likeness (QED) is 0.730. The van der Waals surface area contributed by atoms with Crippen molar-refractivity contribution in [1.82, 2.24) is 0 Å². The van der Waals surface area contributed by atoms with Gasteiger partial charge in [0.25, 0.3) is 0 Å². The van der Waals surface area contributed by atoms with Crippen LogP contribution in [0.2, 0.25) is 0 Å². The molecular formula is C15H16OS. The monoisotopic (exact) mass is 244 g/mol. The van der Waals surface area contributed by atoms with E-state index in [1.54, 1.807) is 7.11 Å². The summed E-state index contributed by atoms with van der Waals surface area (Å²) >= 11 is 1.86. The molecule has 2 aromatic carbocycles. The summed E-state index contributed by atoms with van der Waals surface area (Å²) in [6, 6.07) is 18.8. The van der Waals surface area contributed by atoms with Crippen LogP contribution in [-0.4, -0.2) is 7.11 Å². The van der Waals surface area contributed by atoms with Crippen LogP contribution in [0, 0.1) is 0 Å². The maximum absolute atomic E-state index is 5.15. The molecule has 0 fully saturated rings. The Kier molecular flexibility index (Phi) is 4.10. The molecule has 2 aromatic rings. The Bertz CT molecular complexity index is 450. The zero-order valence-electron chi connectivity index (χ0n) is 10.1. The molecule has 0 spiro atoms. The second-order valence-electron chi connectivity index (χ2n) is 3.85. The maximum Gasteiger partial charge on any atom is 0.118 e. The lowest BCUT2D eigenvalue weighted by molar-refractivity contribution is 0.414. The van der Waals surface area contributed by atoms with Crippen molar-refractivity contribution in [3.63, 3.8) is 0 Å². The lowest BCUT2D eigenvalue weighted by Gasteiger charge is -2.11. The van der Waals surface area contributed by atoms with E-state index in [1.165, 1.54) is 10.5 Å². The Hall–Kier alpha value is -1.41. The van der Waals surface area contributed by atoms with E-state index in [2.05, 4.69) is 43.3 Å². The average Bonchev–Trinajstić information content (AvgIpc) is 2.40. The number of benzene rings is 2. The molecule has 0 N–H and O–H groups in total. The van der Waals surface area contributed by atoms with Gasteiger partial charge in [-0.25, -0.2) is 0 Å². The fourth-order valence-electron chi connectivity index (χ4n) is 1.65. The van der Waals surface area contributed by atoms with E-state index in [0.29, 0.717) is 5.25 Å². The first-order valence-corrected chi connectivity index (χ1v) is 6.53. The van der Waals surface area contributed by atoms with Crippen LogP contribution < -0.4 is 4.74 Å². The van der Waals surface area contributed by atoms with Crippen LogP contribution >= 0.6 is 11.8 Å². The van der Waals surface area contributed by atoms with E-state index in [1.807, 2.05) is 30.0 Å². The summed E-state index contributed by atoms with van der Waals surface area (Å²) in [6.45, 7) is 2.23. The zero-order chi connectivity index (χ0) is 12.1. The summed E-state index contributed by atoms with van der Waals surface area (Å²) in [4.78, 5) is 1.27. The molecule has 0 saturated carbocycles. The minimum Gasteiger partial charge on any atom is -0.497 e. The molecule has 0 saturated heterocycles. The second-order valence-corrected chi connectivity index (χ2v) is 5.26. The van der Waals surface area contributed by atoms with Gasteiger partial charge in [0.15, 0.2) is 0 Å². The predicted octanol–water partition coefficient (Wildman–Crippen LogP) is 4.55. The van der Waals surface area contributed by atoms with Crippen LogP contribution in [0.15, 0.2) is 59.5 Å². The normalized spacial score (nSPS) is 12.1.